The highest BCUT2D eigenvalue weighted by atomic mass is 19.4. The molecular weight excluding hydrogens is 203 g/mol. The van der Waals surface area contributed by atoms with Crippen molar-refractivity contribution in [3.8, 4) is 0 Å². The molecule has 4 heteroatoms. The van der Waals surface area contributed by atoms with Crippen LogP contribution in [0.15, 0.2) is 18.2 Å². The van der Waals surface area contributed by atoms with Crippen LogP contribution in [-0.4, -0.2) is 6.54 Å². The largest absolute Gasteiger partial charge is 0.418 e. The first kappa shape index (κ1) is 10.3. The molecule has 0 amide bonds. The van der Waals surface area contributed by atoms with E-state index < -0.39 is 11.7 Å². The average Bonchev–Trinajstić information content (AvgIpc) is 2.16. The lowest BCUT2D eigenvalue weighted by atomic mass is 9.90. The summed E-state index contributed by atoms with van der Waals surface area (Å²) in [6, 6.07) is 4.37. The van der Waals surface area contributed by atoms with Gasteiger partial charge in [-0.15, -0.1) is 0 Å². The molecule has 1 atom stereocenters. The zero-order valence-corrected chi connectivity index (χ0v) is 8.36. The summed E-state index contributed by atoms with van der Waals surface area (Å²) < 4.78 is 38.0. The van der Waals surface area contributed by atoms with Crippen molar-refractivity contribution >= 4 is 5.69 Å². The van der Waals surface area contributed by atoms with E-state index in [4.69, 9.17) is 0 Å². The molecule has 1 aromatic rings. The molecule has 1 unspecified atom stereocenters. The maximum Gasteiger partial charge on any atom is 0.418 e. The van der Waals surface area contributed by atoms with Crippen molar-refractivity contribution in [2.45, 2.75) is 25.4 Å². The van der Waals surface area contributed by atoms with Crippen molar-refractivity contribution < 1.29 is 13.2 Å². The zero-order chi connectivity index (χ0) is 11.1. The third kappa shape index (κ3) is 1.80. The van der Waals surface area contributed by atoms with Gasteiger partial charge in [0.1, 0.15) is 0 Å². The molecule has 0 saturated carbocycles. The van der Waals surface area contributed by atoms with Gasteiger partial charge in [0.15, 0.2) is 0 Å². The molecule has 0 aliphatic carbocycles. The van der Waals surface area contributed by atoms with Gasteiger partial charge >= 0.3 is 6.18 Å². The normalized spacial score (nSPS) is 20.7. The summed E-state index contributed by atoms with van der Waals surface area (Å²) in [5.74, 6) is 0.198. The Morgan fingerprint density at radius 1 is 1.33 bits per heavy atom. The van der Waals surface area contributed by atoms with E-state index in [0.29, 0.717) is 6.54 Å². The maximum atomic E-state index is 12.7. The number of benzene rings is 1. The van der Waals surface area contributed by atoms with Gasteiger partial charge in [-0.1, -0.05) is 19.1 Å². The fourth-order valence-corrected chi connectivity index (χ4v) is 1.98. The molecule has 0 bridgehead atoms. The Morgan fingerprint density at radius 3 is 2.73 bits per heavy atom. The highest BCUT2D eigenvalue weighted by Gasteiger charge is 2.35. The molecule has 1 N–H and O–H groups in total. The van der Waals surface area contributed by atoms with E-state index in [1.807, 2.05) is 6.92 Å². The number of para-hydroxylation sites is 1. The highest BCUT2D eigenvalue weighted by Crippen LogP contribution is 2.41. The van der Waals surface area contributed by atoms with E-state index >= 15 is 0 Å². The molecule has 1 aliphatic heterocycles. The van der Waals surface area contributed by atoms with Crippen LogP contribution >= 0.6 is 0 Å². The number of alkyl halides is 3. The molecule has 0 radical (unpaired) electrons. The van der Waals surface area contributed by atoms with Gasteiger partial charge in [-0.25, -0.2) is 0 Å². The fourth-order valence-electron chi connectivity index (χ4n) is 1.98. The smallest absolute Gasteiger partial charge is 0.384 e. The van der Waals surface area contributed by atoms with E-state index in [0.717, 1.165) is 18.1 Å². The van der Waals surface area contributed by atoms with Gasteiger partial charge in [-0.3, -0.25) is 0 Å². The number of fused-ring (bicyclic) bond motifs is 1. The average molecular weight is 215 g/mol. The molecular formula is C11H12F3N. The number of rotatable bonds is 0. The van der Waals surface area contributed by atoms with Crippen LogP contribution in [0, 0.1) is 0 Å². The minimum atomic E-state index is -4.27. The van der Waals surface area contributed by atoms with Crippen molar-refractivity contribution in [2.24, 2.45) is 0 Å². The quantitative estimate of drug-likeness (QED) is 0.696. The summed E-state index contributed by atoms with van der Waals surface area (Å²) in [6.07, 6.45) is -3.39. The monoisotopic (exact) mass is 215 g/mol. The summed E-state index contributed by atoms with van der Waals surface area (Å²) >= 11 is 0. The van der Waals surface area contributed by atoms with Crippen LogP contribution in [0.25, 0.3) is 0 Å². The highest BCUT2D eigenvalue weighted by molar-refractivity contribution is 5.61. The van der Waals surface area contributed by atoms with E-state index in [9.17, 15) is 13.2 Å². The topological polar surface area (TPSA) is 12.0 Å². The Hall–Kier alpha value is -1.19. The van der Waals surface area contributed by atoms with Crippen LogP contribution in [0.1, 0.15) is 30.4 Å². The predicted molar refractivity (Wildman–Crippen MR) is 53.0 cm³/mol. The third-order valence-electron chi connectivity index (χ3n) is 2.81. The van der Waals surface area contributed by atoms with Gasteiger partial charge in [0.2, 0.25) is 0 Å². The first-order valence-corrected chi connectivity index (χ1v) is 4.94. The first-order valence-electron chi connectivity index (χ1n) is 4.94. The van der Waals surface area contributed by atoms with Gasteiger partial charge < -0.3 is 5.32 Å². The zero-order valence-electron chi connectivity index (χ0n) is 8.36. The van der Waals surface area contributed by atoms with Crippen LogP contribution in [0.2, 0.25) is 0 Å². The summed E-state index contributed by atoms with van der Waals surface area (Å²) in [4.78, 5) is 0. The van der Waals surface area contributed by atoms with Gasteiger partial charge in [-0.05, 0) is 24.0 Å². The number of nitrogens with one attached hydrogen (secondary N) is 1. The van der Waals surface area contributed by atoms with Crippen LogP contribution in [0.3, 0.4) is 0 Å². The lowest BCUT2D eigenvalue weighted by Gasteiger charge is -2.26. The van der Waals surface area contributed by atoms with E-state index in [1.54, 1.807) is 6.07 Å². The Bertz CT molecular complexity index is 371. The molecule has 0 aromatic heterocycles. The minimum Gasteiger partial charge on any atom is -0.384 e. The van der Waals surface area contributed by atoms with Crippen LogP contribution in [-0.2, 0) is 6.18 Å². The Balaban J connectivity index is 2.54. The minimum absolute atomic E-state index is 0.198. The van der Waals surface area contributed by atoms with E-state index in [-0.39, 0.29) is 11.6 Å². The summed E-state index contributed by atoms with van der Waals surface area (Å²) in [5.41, 5.74) is 0.492. The number of hydrogen-bond donors (Lipinski definition) is 1. The number of halogens is 3. The van der Waals surface area contributed by atoms with Crippen molar-refractivity contribution in [3.05, 3.63) is 29.3 Å². The van der Waals surface area contributed by atoms with Crippen molar-refractivity contribution in [1.82, 2.24) is 0 Å². The van der Waals surface area contributed by atoms with E-state index in [2.05, 4.69) is 5.32 Å². The molecule has 2 rings (SSSR count). The van der Waals surface area contributed by atoms with Gasteiger partial charge in [0.05, 0.1) is 5.56 Å². The molecule has 0 spiro atoms. The summed E-state index contributed by atoms with van der Waals surface area (Å²) in [6.45, 7) is 2.57. The van der Waals surface area contributed by atoms with E-state index in [1.165, 1.54) is 6.07 Å². The Kier molecular flexibility index (Phi) is 2.37. The molecule has 1 aromatic carbocycles. The lowest BCUT2D eigenvalue weighted by Crippen LogP contribution is -2.19. The van der Waals surface area contributed by atoms with Crippen molar-refractivity contribution in [2.75, 3.05) is 11.9 Å². The molecule has 0 saturated heterocycles. The second-order valence-electron chi connectivity index (χ2n) is 3.88. The van der Waals surface area contributed by atoms with Gasteiger partial charge in [-0.2, -0.15) is 13.2 Å². The summed E-state index contributed by atoms with van der Waals surface area (Å²) in [5, 5.41) is 2.85. The third-order valence-corrected chi connectivity index (χ3v) is 2.81. The maximum absolute atomic E-state index is 12.7. The molecule has 1 aliphatic rings. The molecule has 1 heterocycles. The second-order valence-corrected chi connectivity index (χ2v) is 3.88. The van der Waals surface area contributed by atoms with Crippen LogP contribution < -0.4 is 5.32 Å². The predicted octanol–water partition coefficient (Wildman–Crippen LogP) is 3.62. The van der Waals surface area contributed by atoms with Crippen molar-refractivity contribution in [3.63, 3.8) is 0 Å². The van der Waals surface area contributed by atoms with Crippen LogP contribution in [0.5, 0.6) is 0 Å². The number of anilines is 1. The van der Waals surface area contributed by atoms with Crippen LogP contribution in [0.4, 0.5) is 18.9 Å². The number of hydrogen-bond acceptors (Lipinski definition) is 1. The summed E-state index contributed by atoms with van der Waals surface area (Å²) in [7, 11) is 0. The lowest BCUT2D eigenvalue weighted by molar-refractivity contribution is -0.137. The van der Waals surface area contributed by atoms with Gasteiger partial charge in [0, 0.05) is 12.2 Å². The molecule has 82 valence electrons. The standard InChI is InChI=1S/C11H12F3N/c1-7-5-6-15-10-8(7)3-2-4-9(10)11(12,13)14/h2-4,7,15H,5-6H2,1H3. The molecule has 1 nitrogen and oxygen atoms in total. The SMILES string of the molecule is CC1CCNc2c1cccc2C(F)(F)F. The fraction of sp³-hybridized carbons (Fsp3) is 0.455. The Labute approximate surface area is 86.3 Å². The second kappa shape index (κ2) is 3.43. The first-order chi connectivity index (χ1) is 7.00. The van der Waals surface area contributed by atoms with Gasteiger partial charge in [0.25, 0.3) is 0 Å². The Morgan fingerprint density at radius 2 is 2.07 bits per heavy atom. The molecule has 0 fully saturated rings. The molecule has 15 heavy (non-hydrogen) atoms. The van der Waals surface area contributed by atoms with Crippen molar-refractivity contribution in [1.29, 1.82) is 0 Å².